The van der Waals surface area contributed by atoms with E-state index in [9.17, 15) is 8.42 Å². The normalized spacial score (nSPS) is 15.1. The van der Waals surface area contributed by atoms with E-state index in [0.29, 0.717) is 35.9 Å². The number of nitrogens with one attached hydrogen (secondary N) is 2. The lowest BCUT2D eigenvalue weighted by atomic mass is 10.1. The van der Waals surface area contributed by atoms with Crippen LogP contribution in [0.3, 0.4) is 0 Å². The Bertz CT molecular complexity index is 998. The van der Waals surface area contributed by atoms with E-state index in [1.165, 1.54) is 19.1 Å². The van der Waals surface area contributed by atoms with Gasteiger partial charge < -0.3 is 15.4 Å². The summed E-state index contributed by atoms with van der Waals surface area (Å²) in [5, 5.41) is 6.53. The van der Waals surface area contributed by atoms with Crippen LogP contribution in [-0.2, 0) is 22.9 Å². The van der Waals surface area contributed by atoms with Crippen LogP contribution in [0.2, 0.25) is 0 Å². The third-order valence-electron chi connectivity index (χ3n) is 5.25. The lowest BCUT2D eigenvalue weighted by Gasteiger charge is -2.13. The van der Waals surface area contributed by atoms with Gasteiger partial charge in [0.25, 0.3) is 0 Å². The van der Waals surface area contributed by atoms with Gasteiger partial charge in [-0.2, -0.15) is 0 Å². The maximum atomic E-state index is 11.8. The van der Waals surface area contributed by atoms with Gasteiger partial charge >= 0.3 is 0 Å². The highest BCUT2D eigenvalue weighted by Crippen LogP contribution is 2.23. The summed E-state index contributed by atoms with van der Waals surface area (Å²) < 4.78 is 29.5. The minimum Gasteiger partial charge on any atom is -0.474 e. The van der Waals surface area contributed by atoms with Crippen LogP contribution in [-0.4, -0.2) is 38.3 Å². The molecule has 8 heteroatoms. The van der Waals surface area contributed by atoms with Crippen molar-refractivity contribution in [1.82, 2.24) is 15.6 Å². The van der Waals surface area contributed by atoms with Crippen LogP contribution >= 0.6 is 0 Å². The fourth-order valence-corrected chi connectivity index (χ4v) is 4.65. The Morgan fingerprint density at radius 3 is 2.52 bits per heavy atom. The Hall–Kier alpha value is -2.61. The number of pyridine rings is 1. The molecule has 7 nitrogen and oxygen atoms in total. The predicted octanol–water partition coefficient (Wildman–Crippen LogP) is 3.37. The Kier molecular flexibility index (Phi) is 7.90. The molecule has 1 heterocycles. The van der Waals surface area contributed by atoms with E-state index in [1.807, 2.05) is 44.3 Å². The third kappa shape index (κ3) is 6.95. The number of benzene rings is 1. The molecule has 0 saturated heterocycles. The van der Waals surface area contributed by atoms with Gasteiger partial charge in [-0.25, -0.2) is 18.4 Å². The van der Waals surface area contributed by atoms with E-state index in [2.05, 4.69) is 20.6 Å². The minimum atomic E-state index is -3.21. The monoisotopic (exact) mass is 444 g/mol. The maximum absolute atomic E-state index is 11.8. The largest absolute Gasteiger partial charge is 0.474 e. The molecule has 1 aliphatic carbocycles. The van der Waals surface area contributed by atoms with E-state index in [-0.39, 0.29) is 0 Å². The highest BCUT2D eigenvalue weighted by atomic mass is 32.2. The molecule has 0 amide bonds. The molecule has 1 aromatic heterocycles. The number of aryl methyl sites for hydroxylation is 1. The van der Waals surface area contributed by atoms with Crippen LogP contribution in [0.5, 0.6) is 5.88 Å². The fourth-order valence-electron chi connectivity index (χ4n) is 3.69. The van der Waals surface area contributed by atoms with E-state index in [0.717, 1.165) is 36.1 Å². The van der Waals surface area contributed by atoms with E-state index < -0.39 is 9.84 Å². The summed E-state index contributed by atoms with van der Waals surface area (Å²) in [5.41, 5.74) is 2.74. The molecule has 168 valence electrons. The van der Waals surface area contributed by atoms with Crippen molar-refractivity contribution in [3.05, 3.63) is 53.2 Å². The van der Waals surface area contributed by atoms with Gasteiger partial charge in [0.15, 0.2) is 15.8 Å². The number of aromatic nitrogens is 1. The number of rotatable bonds is 8. The Labute approximate surface area is 185 Å². The first-order chi connectivity index (χ1) is 14.8. The topological polar surface area (TPSA) is 92.7 Å². The van der Waals surface area contributed by atoms with Crippen molar-refractivity contribution in [2.24, 2.45) is 4.99 Å². The van der Waals surface area contributed by atoms with Crippen molar-refractivity contribution in [1.29, 1.82) is 0 Å². The summed E-state index contributed by atoms with van der Waals surface area (Å²) in [4.78, 5) is 9.41. The maximum Gasteiger partial charge on any atom is 0.213 e. The second-order valence-corrected chi connectivity index (χ2v) is 9.93. The number of guanidine groups is 1. The van der Waals surface area contributed by atoms with Crippen molar-refractivity contribution < 1.29 is 13.2 Å². The standard InChI is InChI=1S/C23H32N4O3S/c1-4-24-23(26-14-18-9-11-21(17(2)13-18)31(3,28)29)27-16-19-10-12-22(25-15-19)30-20-7-5-6-8-20/h9-13,15,20H,4-8,14,16H2,1-3H3,(H2,24,26,27). The molecular formula is C23H32N4O3S. The molecule has 3 rings (SSSR count). The highest BCUT2D eigenvalue weighted by molar-refractivity contribution is 7.90. The van der Waals surface area contributed by atoms with Gasteiger partial charge in [0.05, 0.1) is 11.4 Å². The van der Waals surface area contributed by atoms with Gasteiger partial charge in [-0.3, -0.25) is 0 Å². The van der Waals surface area contributed by atoms with Gasteiger partial charge in [0.1, 0.15) is 6.10 Å². The van der Waals surface area contributed by atoms with E-state index in [4.69, 9.17) is 4.74 Å². The second-order valence-electron chi connectivity index (χ2n) is 7.95. The van der Waals surface area contributed by atoms with Crippen LogP contribution < -0.4 is 15.4 Å². The summed E-state index contributed by atoms with van der Waals surface area (Å²) in [6, 6.07) is 9.28. The summed E-state index contributed by atoms with van der Waals surface area (Å²) in [6.07, 6.45) is 8.04. The zero-order valence-electron chi connectivity index (χ0n) is 18.5. The molecule has 0 radical (unpaired) electrons. The molecule has 31 heavy (non-hydrogen) atoms. The average molecular weight is 445 g/mol. The first kappa shape index (κ1) is 23.1. The lowest BCUT2D eigenvalue weighted by Crippen LogP contribution is -2.36. The summed E-state index contributed by atoms with van der Waals surface area (Å²) in [7, 11) is -3.21. The zero-order chi connectivity index (χ0) is 22.3. The summed E-state index contributed by atoms with van der Waals surface area (Å²) in [6.45, 7) is 5.61. The van der Waals surface area contributed by atoms with Crippen molar-refractivity contribution in [3.63, 3.8) is 0 Å². The Morgan fingerprint density at radius 2 is 1.90 bits per heavy atom. The number of aliphatic imine (C=N–C) groups is 1. The average Bonchev–Trinajstić information content (AvgIpc) is 3.23. The predicted molar refractivity (Wildman–Crippen MR) is 123 cm³/mol. The first-order valence-corrected chi connectivity index (χ1v) is 12.7. The van der Waals surface area contributed by atoms with Crippen LogP contribution in [0.25, 0.3) is 0 Å². The molecule has 2 aromatic rings. The number of nitrogens with zero attached hydrogens (tertiary/aromatic N) is 2. The molecule has 0 atom stereocenters. The quantitative estimate of drug-likeness (QED) is 0.479. The Morgan fingerprint density at radius 1 is 1.16 bits per heavy atom. The molecule has 0 bridgehead atoms. The fraction of sp³-hybridized carbons (Fsp3) is 0.478. The number of ether oxygens (including phenoxy) is 1. The summed E-state index contributed by atoms with van der Waals surface area (Å²) >= 11 is 0. The van der Waals surface area contributed by atoms with Gasteiger partial charge in [0.2, 0.25) is 5.88 Å². The lowest BCUT2D eigenvalue weighted by molar-refractivity contribution is 0.201. The molecule has 0 aliphatic heterocycles. The van der Waals surface area contributed by atoms with Crippen LogP contribution in [0, 0.1) is 6.92 Å². The van der Waals surface area contributed by atoms with Gasteiger partial charge in [0, 0.05) is 31.6 Å². The number of hydrogen-bond acceptors (Lipinski definition) is 5. The molecule has 1 saturated carbocycles. The van der Waals surface area contributed by atoms with Crippen molar-refractivity contribution in [2.75, 3.05) is 12.8 Å². The van der Waals surface area contributed by atoms with Crippen LogP contribution in [0.15, 0.2) is 46.4 Å². The first-order valence-electron chi connectivity index (χ1n) is 10.8. The smallest absolute Gasteiger partial charge is 0.213 e. The van der Waals surface area contributed by atoms with Gasteiger partial charge in [-0.1, -0.05) is 18.2 Å². The molecule has 1 fully saturated rings. The molecule has 1 aliphatic rings. The molecule has 1 aromatic carbocycles. The molecule has 0 spiro atoms. The SMILES string of the molecule is CCNC(=NCc1ccc(OC2CCCC2)nc1)NCc1ccc(S(C)(=O)=O)c(C)c1. The summed E-state index contributed by atoms with van der Waals surface area (Å²) in [5.74, 6) is 1.37. The highest BCUT2D eigenvalue weighted by Gasteiger charge is 2.16. The second kappa shape index (κ2) is 10.6. The molecule has 2 N–H and O–H groups in total. The van der Waals surface area contributed by atoms with Crippen LogP contribution in [0.1, 0.15) is 49.3 Å². The molecule has 0 unspecified atom stereocenters. The van der Waals surface area contributed by atoms with E-state index in [1.54, 1.807) is 6.07 Å². The number of hydrogen-bond donors (Lipinski definition) is 2. The van der Waals surface area contributed by atoms with Crippen LogP contribution in [0.4, 0.5) is 0 Å². The number of sulfone groups is 1. The molecular weight excluding hydrogens is 412 g/mol. The van der Waals surface area contributed by atoms with Gasteiger partial charge in [-0.05, 0) is 62.3 Å². The zero-order valence-corrected chi connectivity index (χ0v) is 19.3. The van der Waals surface area contributed by atoms with E-state index >= 15 is 0 Å². The Balaban J connectivity index is 1.58. The van der Waals surface area contributed by atoms with Crippen molar-refractivity contribution in [2.45, 2.75) is 63.6 Å². The van der Waals surface area contributed by atoms with Gasteiger partial charge in [-0.15, -0.1) is 0 Å². The third-order valence-corrected chi connectivity index (χ3v) is 6.51. The minimum absolute atomic E-state index is 0.302. The van der Waals surface area contributed by atoms with Crippen molar-refractivity contribution in [3.8, 4) is 5.88 Å². The van der Waals surface area contributed by atoms with Crippen molar-refractivity contribution >= 4 is 15.8 Å².